The number of hydrogen-bond acceptors (Lipinski definition) is 7. The molecule has 2 heterocycles. The molecule has 1 aromatic rings. The van der Waals surface area contributed by atoms with Crippen molar-refractivity contribution in [2.75, 3.05) is 26.0 Å². The molecular formula is C16H23ClN2O6S2. The number of nitrogens with one attached hydrogen (secondary N) is 1. The van der Waals surface area contributed by atoms with Crippen molar-refractivity contribution < 1.29 is 26.9 Å². The van der Waals surface area contributed by atoms with E-state index in [-0.39, 0.29) is 31.7 Å². The molecule has 2 rings (SSSR count). The second-order valence-corrected chi connectivity index (χ2v) is 9.63. The van der Waals surface area contributed by atoms with Crippen LogP contribution >= 0.6 is 22.9 Å². The molecule has 27 heavy (non-hydrogen) atoms. The van der Waals surface area contributed by atoms with Crippen LogP contribution in [0, 0.1) is 0 Å². The van der Waals surface area contributed by atoms with Crippen molar-refractivity contribution >= 4 is 45.1 Å². The predicted molar refractivity (Wildman–Crippen MR) is 103 cm³/mol. The molecule has 1 aliphatic heterocycles. The van der Waals surface area contributed by atoms with E-state index in [0.29, 0.717) is 15.6 Å². The number of nitrogens with zero attached hydrogens (tertiary/aromatic N) is 1. The van der Waals surface area contributed by atoms with Gasteiger partial charge in [-0.2, -0.15) is 8.42 Å². The number of likely N-dealkylation sites (tertiary alicyclic amines) is 1. The molecule has 0 aromatic carbocycles. The minimum Gasteiger partial charge on any atom is -0.449 e. The van der Waals surface area contributed by atoms with Gasteiger partial charge in [0.25, 0.3) is 16.0 Å². The fourth-order valence-corrected chi connectivity index (χ4v) is 4.04. The third kappa shape index (κ3) is 6.95. The van der Waals surface area contributed by atoms with Crippen LogP contribution in [0.5, 0.6) is 0 Å². The highest BCUT2D eigenvalue weighted by Gasteiger charge is 2.37. The van der Waals surface area contributed by atoms with Gasteiger partial charge in [0.05, 0.1) is 34.7 Å². The number of ether oxygens (including phenoxy) is 1. The van der Waals surface area contributed by atoms with Crippen LogP contribution in [0.1, 0.15) is 35.9 Å². The molecule has 0 bridgehead atoms. The summed E-state index contributed by atoms with van der Waals surface area (Å²) in [5.41, 5.74) is 0. The lowest BCUT2D eigenvalue weighted by Crippen LogP contribution is -2.40. The topological polar surface area (TPSA) is 102 Å². The summed E-state index contributed by atoms with van der Waals surface area (Å²) in [5.74, 6) is -0.291. The fraction of sp³-hybridized carbons (Fsp3) is 0.625. The maximum absolute atomic E-state index is 12.3. The molecule has 0 unspecified atom stereocenters. The molecular weight excluding hydrogens is 416 g/mol. The Labute approximate surface area is 167 Å². The Morgan fingerprint density at radius 1 is 1.41 bits per heavy atom. The molecule has 1 saturated heterocycles. The number of unbranched alkanes of at least 4 members (excludes halogenated alkanes) is 1. The van der Waals surface area contributed by atoms with Crippen molar-refractivity contribution in [1.29, 1.82) is 0 Å². The van der Waals surface area contributed by atoms with Crippen LogP contribution in [0.4, 0.5) is 4.79 Å². The summed E-state index contributed by atoms with van der Waals surface area (Å²) in [6, 6.07) is 2.41. The average Bonchev–Trinajstić information content (AvgIpc) is 3.19. The van der Waals surface area contributed by atoms with Gasteiger partial charge in [-0.15, -0.1) is 11.3 Å². The smallest absolute Gasteiger partial charge is 0.410 e. The van der Waals surface area contributed by atoms with Gasteiger partial charge in [-0.05, 0) is 25.0 Å². The summed E-state index contributed by atoms with van der Waals surface area (Å²) in [7, 11) is -3.64. The monoisotopic (exact) mass is 438 g/mol. The predicted octanol–water partition coefficient (Wildman–Crippen LogP) is 2.49. The third-order valence-electron chi connectivity index (χ3n) is 3.98. The number of amides is 2. The fourth-order valence-electron chi connectivity index (χ4n) is 2.68. The Morgan fingerprint density at radius 2 is 2.15 bits per heavy atom. The van der Waals surface area contributed by atoms with Gasteiger partial charge in [0.15, 0.2) is 0 Å². The van der Waals surface area contributed by atoms with Crippen LogP contribution in [0.15, 0.2) is 12.1 Å². The van der Waals surface area contributed by atoms with Crippen LogP contribution in [-0.4, -0.2) is 63.4 Å². The van der Waals surface area contributed by atoms with Crippen molar-refractivity contribution in [1.82, 2.24) is 10.2 Å². The van der Waals surface area contributed by atoms with E-state index in [4.69, 9.17) is 20.5 Å². The molecule has 2 atom stereocenters. The highest BCUT2D eigenvalue weighted by molar-refractivity contribution is 7.85. The number of rotatable bonds is 8. The molecule has 8 nitrogen and oxygen atoms in total. The van der Waals surface area contributed by atoms with Crippen LogP contribution in [-0.2, 0) is 19.0 Å². The molecule has 1 aromatic heterocycles. The first kappa shape index (κ1) is 21.9. The summed E-state index contributed by atoms with van der Waals surface area (Å²) >= 11 is 7.01. The van der Waals surface area contributed by atoms with Crippen LogP contribution in [0.2, 0.25) is 4.34 Å². The van der Waals surface area contributed by atoms with Crippen molar-refractivity contribution in [2.24, 2.45) is 0 Å². The van der Waals surface area contributed by atoms with Crippen LogP contribution in [0.25, 0.3) is 0 Å². The van der Waals surface area contributed by atoms with Crippen LogP contribution in [0.3, 0.4) is 0 Å². The standard InChI is InChI=1S/C16H23ClN2O6S2/c1-3-4-7-24-16(21)19-9-11(8-12(19)10-25-27(2,22)23)18-15(20)13-5-6-14(17)26-13/h5-6,11-12H,3-4,7-10H2,1-2H3,(H,18,20)/t11-,12+/m1/s1. The van der Waals surface area contributed by atoms with Crippen molar-refractivity contribution in [2.45, 2.75) is 38.3 Å². The number of carbonyl (C=O) groups is 2. The summed E-state index contributed by atoms with van der Waals surface area (Å²) in [6.45, 7) is 2.30. The molecule has 1 fully saturated rings. The summed E-state index contributed by atoms with van der Waals surface area (Å²) in [4.78, 5) is 26.5. The Bertz CT molecular complexity index is 767. The van der Waals surface area contributed by atoms with E-state index in [1.807, 2.05) is 6.92 Å². The lowest BCUT2D eigenvalue weighted by molar-refractivity contribution is 0.0859. The Balaban J connectivity index is 2.01. The molecule has 0 radical (unpaired) electrons. The quantitative estimate of drug-likeness (QED) is 0.494. The summed E-state index contributed by atoms with van der Waals surface area (Å²) < 4.78 is 33.2. The van der Waals surface area contributed by atoms with E-state index < -0.39 is 22.3 Å². The first-order valence-corrected chi connectivity index (χ1v) is 11.5. The SMILES string of the molecule is CCCCOC(=O)N1C[C@H](NC(=O)c2ccc(Cl)s2)C[C@H]1COS(C)(=O)=O. The van der Waals surface area contributed by atoms with E-state index in [1.165, 1.54) is 4.90 Å². The average molecular weight is 439 g/mol. The maximum Gasteiger partial charge on any atom is 0.410 e. The highest BCUT2D eigenvalue weighted by Crippen LogP contribution is 2.24. The Morgan fingerprint density at radius 3 is 2.74 bits per heavy atom. The zero-order valence-electron chi connectivity index (χ0n) is 15.1. The zero-order chi connectivity index (χ0) is 20.0. The molecule has 0 aliphatic carbocycles. The third-order valence-corrected chi connectivity index (χ3v) is 5.77. The molecule has 11 heteroatoms. The zero-order valence-corrected chi connectivity index (χ0v) is 17.5. The van der Waals surface area contributed by atoms with E-state index in [0.717, 1.165) is 30.4 Å². The summed E-state index contributed by atoms with van der Waals surface area (Å²) in [6.07, 6.45) is 2.40. The first-order valence-electron chi connectivity index (χ1n) is 8.53. The lowest BCUT2D eigenvalue weighted by atomic mass is 10.2. The van der Waals surface area contributed by atoms with Crippen molar-refractivity contribution in [3.05, 3.63) is 21.3 Å². The second-order valence-electron chi connectivity index (χ2n) is 6.27. The minimum absolute atomic E-state index is 0.182. The molecule has 0 spiro atoms. The number of thiophene rings is 1. The maximum atomic E-state index is 12.3. The molecule has 1 aliphatic rings. The van der Waals surface area contributed by atoms with Gasteiger partial charge in [-0.1, -0.05) is 24.9 Å². The molecule has 0 saturated carbocycles. The van der Waals surface area contributed by atoms with Gasteiger partial charge in [0.2, 0.25) is 0 Å². The van der Waals surface area contributed by atoms with E-state index in [2.05, 4.69) is 5.32 Å². The van der Waals surface area contributed by atoms with Gasteiger partial charge in [-0.25, -0.2) is 4.79 Å². The lowest BCUT2D eigenvalue weighted by Gasteiger charge is -2.23. The number of hydrogen-bond donors (Lipinski definition) is 1. The number of carbonyl (C=O) groups excluding carboxylic acids is 2. The van der Waals surface area contributed by atoms with Gasteiger partial charge >= 0.3 is 6.09 Å². The van der Waals surface area contributed by atoms with Crippen LogP contribution < -0.4 is 5.32 Å². The van der Waals surface area contributed by atoms with E-state index in [9.17, 15) is 18.0 Å². The second kappa shape index (κ2) is 9.72. The van der Waals surface area contributed by atoms with Crippen molar-refractivity contribution in [3.63, 3.8) is 0 Å². The largest absolute Gasteiger partial charge is 0.449 e. The normalized spacial score (nSPS) is 19.9. The molecule has 152 valence electrons. The number of halogens is 1. The highest BCUT2D eigenvalue weighted by atomic mass is 35.5. The first-order chi connectivity index (χ1) is 12.7. The summed E-state index contributed by atoms with van der Waals surface area (Å²) in [5, 5.41) is 2.85. The van der Waals surface area contributed by atoms with Gasteiger partial charge in [0.1, 0.15) is 0 Å². The van der Waals surface area contributed by atoms with Gasteiger partial charge in [0, 0.05) is 12.6 Å². The van der Waals surface area contributed by atoms with Gasteiger partial charge in [-0.3, -0.25) is 8.98 Å². The minimum atomic E-state index is -3.64. The van der Waals surface area contributed by atoms with E-state index in [1.54, 1.807) is 12.1 Å². The van der Waals surface area contributed by atoms with Crippen molar-refractivity contribution in [3.8, 4) is 0 Å². The Hall–Kier alpha value is -1.36. The molecule has 1 N–H and O–H groups in total. The van der Waals surface area contributed by atoms with Gasteiger partial charge < -0.3 is 15.0 Å². The molecule has 2 amide bonds. The van der Waals surface area contributed by atoms with E-state index >= 15 is 0 Å². The Kier molecular flexibility index (Phi) is 7.90.